The standard InChI is InChI=1S/C68H132O17P2/c1-6-9-12-15-18-21-23-24-25-26-27-28-29-31-34-37-43-48-53-67(72)84-63(57-79-66(71)52-47-42-36-33-30-22-19-16-13-10-7-2)59-82-86(74,75)80-55-62(69)56-81-87(76,77)83-60-64(85-68(73)54-49-44-39-38-40-45-50-61(4)5)58-78-65(70)51-46-41-35-32-20-17-14-11-8-3/h61-64,69H,6-60H2,1-5H3,(H,74,75)(H,76,77)/t62-,63-,64-/m1/s1. The lowest BCUT2D eigenvalue weighted by Gasteiger charge is -2.21. The Morgan fingerprint density at radius 2 is 0.529 bits per heavy atom. The second-order valence-corrected chi connectivity index (χ2v) is 27.9. The maximum absolute atomic E-state index is 13.0. The van der Waals surface area contributed by atoms with Crippen LogP contribution in [0.5, 0.6) is 0 Å². The fraction of sp³-hybridized carbons (Fsp3) is 0.941. The highest BCUT2D eigenvalue weighted by molar-refractivity contribution is 7.47. The molecule has 17 nitrogen and oxygen atoms in total. The number of unbranched alkanes of at least 4 members (excludes halogenated alkanes) is 40. The van der Waals surface area contributed by atoms with Crippen molar-refractivity contribution in [3.05, 3.63) is 0 Å². The van der Waals surface area contributed by atoms with E-state index in [4.69, 9.17) is 37.0 Å². The molecule has 0 fully saturated rings. The third-order valence-electron chi connectivity index (χ3n) is 15.8. The first kappa shape index (κ1) is 85.1. The summed E-state index contributed by atoms with van der Waals surface area (Å²) in [6, 6.07) is 0. The SMILES string of the molecule is CCCCCCCCCCCCCCCCCCCCC(=O)O[C@H](COC(=O)CCCCCCCCCCCCC)COP(=O)(O)OC[C@@H](O)COP(=O)(O)OC[C@@H](COC(=O)CCCCCCCCCCC)OC(=O)CCCCCCCCC(C)C. The summed E-state index contributed by atoms with van der Waals surface area (Å²) in [7, 11) is -9.89. The lowest BCUT2D eigenvalue weighted by Crippen LogP contribution is -2.30. The summed E-state index contributed by atoms with van der Waals surface area (Å²) in [5, 5.41) is 10.6. The summed E-state index contributed by atoms with van der Waals surface area (Å²) in [4.78, 5) is 72.3. The molecule has 0 aromatic rings. The van der Waals surface area contributed by atoms with E-state index in [1.807, 2.05) is 0 Å². The molecule has 5 atom stereocenters. The van der Waals surface area contributed by atoms with E-state index in [2.05, 4.69) is 34.6 Å². The van der Waals surface area contributed by atoms with Crippen molar-refractivity contribution < 1.29 is 80.2 Å². The van der Waals surface area contributed by atoms with Crippen LogP contribution >= 0.6 is 15.6 Å². The van der Waals surface area contributed by atoms with Gasteiger partial charge in [0.25, 0.3) is 0 Å². The Balaban J connectivity index is 5.18. The minimum Gasteiger partial charge on any atom is -0.462 e. The number of phosphoric ester groups is 2. The van der Waals surface area contributed by atoms with E-state index >= 15 is 0 Å². The first-order chi connectivity index (χ1) is 42.0. The zero-order chi connectivity index (χ0) is 64.2. The van der Waals surface area contributed by atoms with Crippen molar-refractivity contribution >= 4 is 39.5 Å². The maximum atomic E-state index is 13.0. The number of phosphoric acid groups is 2. The van der Waals surface area contributed by atoms with Crippen molar-refractivity contribution in [1.82, 2.24) is 0 Å². The van der Waals surface area contributed by atoms with Gasteiger partial charge in [-0.2, -0.15) is 0 Å². The fourth-order valence-electron chi connectivity index (χ4n) is 10.3. The first-order valence-electron chi connectivity index (χ1n) is 35.6. The molecule has 516 valence electrons. The Bertz CT molecular complexity index is 1690. The molecule has 0 radical (unpaired) electrons. The molecule has 0 amide bonds. The van der Waals surface area contributed by atoms with Crippen LogP contribution in [0.15, 0.2) is 0 Å². The van der Waals surface area contributed by atoms with Gasteiger partial charge >= 0.3 is 39.5 Å². The number of ether oxygens (including phenoxy) is 4. The minimum absolute atomic E-state index is 0.102. The van der Waals surface area contributed by atoms with E-state index in [0.717, 1.165) is 89.9 Å². The number of rotatable bonds is 68. The molecular weight excluding hydrogens is 1150 g/mol. The second-order valence-electron chi connectivity index (χ2n) is 25.0. The van der Waals surface area contributed by atoms with E-state index < -0.39 is 97.5 Å². The topological polar surface area (TPSA) is 237 Å². The van der Waals surface area contributed by atoms with Crippen LogP contribution in [0.2, 0.25) is 0 Å². The molecule has 0 aromatic carbocycles. The molecule has 0 saturated carbocycles. The largest absolute Gasteiger partial charge is 0.472 e. The molecule has 0 heterocycles. The van der Waals surface area contributed by atoms with Gasteiger partial charge in [0.15, 0.2) is 12.2 Å². The van der Waals surface area contributed by atoms with E-state index in [0.29, 0.717) is 31.6 Å². The van der Waals surface area contributed by atoms with Gasteiger partial charge in [0, 0.05) is 25.7 Å². The Labute approximate surface area is 530 Å². The Morgan fingerprint density at radius 1 is 0.310 bits per heavy atom. The third kappa shape index (κ3) is 62.6. The van der Waals surface area contributed by atoms with Gasteiger partial charge in [-0.05, 0) is 31.6 Å². The molecule has 0 saturated heterocycles. The van der Waals surface area contributed by atoms with Crippen LogP contribution in [0.25, 0.3) is 0 Å². The third-order valence-corrected chi connectivity index (χ3v) is 17.7. The van der Waals surface area contributed by atoms with E-state index in [9.17, 15) is 43.2 Å². The molecule has 2 unspecified atom stereocenters. The van der Waals surface area contributed by atoms with Crippen LogP contribution in [0.4, 0.5) is 0 Å². The monoisotopic (exact) mass is 1280 g/mol. The average Bonchev–Trinajstić information content (AvgIpc) is 3.69. The first-order valence-corrected chi connectivity index (χ1v) is 38.6. The number of carbonyl (C=O) groups is 4. The van der Waals surface area contributed by atoms with Crippen molar-refractivity contribution in [1.29, 1.82) is 0 Å². The number of hydrogen-bond donors (Lipinski definition) is 3. The number of aliphatic hydroxyl groups excluding tert-OH is 1. The van der Waals surface area contributed by atoms with Gasteiger partial charge in [0.05, 0.1) is 26.4 Å². The molecule has 0 aliphatic heterocycles. The van der Waals surface area contributed by atoms with E-state index in [1.165, 1.54) is 173 Å². The van der Waals surface area contributed by atoms with Crippen LogP contribution < -0.4 is 0 Å². The summed E-state index contributed by atoms with van der Waals surface area (Å²) in [6.45, 7) is 7.12. The van der Waals surface area contributed by atoms with Gasteiger partial charge in [0.2, 0.25) is 0 Å². The van der Waals surface area contributed by atoms with Crippen LogP contribution in [0.3, 0.4) is 0 Å². The van der Waals surface area contributed by atoms with Crippen LogP contribution in [0.1, 0.15) is 349 Å². The molecule has 0 aromatic heterocycles. The summed E-state index contributed by atoms with van der Waals surface area (Å²) < 4.78 is 68.1. The summed E-state index contributed by atoms with van der Waals surface area (Å²) in [5.74, 6) is -1.46. The lowest BCUT2D eigenvalue weighted by atomic mass is 10.0. The van der Waals surface area contributed by atoms with Crippen LogP contribution in [0, 0.1) is 5.92 Å². The Kier molecular flexibility index (Phi) is 60.2. The van der Waals surface area contributed by atoms with Gasteiger partial charge in [-0.1, -0.05) is 298 Å². The van der Waals surface area contributed by atoms with Crippen molar-refractivity contribution in [3.63, 3.8) is 0 Å². The highest BCUT2D eigenvalue weighted by atomic mass is 31.2. The highest BCUT2D eigenvalue weighted by Crippen LogP contribution is 2.45. The molecule has 3 N–H and O–H groups in total. The number of carbonyl (C=O) groups excluding carboxylic acids is 4. The van der Waals surface area contributed by atoms with Crippen LogP contribution in [-0.4, -0.2) is 96.7 Å². The zero-order valence-corrected chi connectivity index (χ0v) is 57.9. The summed E-state index contributed by atoms with van der Waals surface area (Å²) in [6.07, 6.45) is 47.4. The second kappa shape index (κ2) is 61.6. The van der Waals surface area contributed by atoms with Gasteiger partial charge in [-0.15, -0.1) is 0 Å². The minimum atomic E-state index is -4.95. The molecule has 0 spiro atoms. The van der Waals surface area contributed by atoms with Crippen molar-refractivity contribution in [2.24, 2.45) is 5.92 Å². The molecule has 0 rings (SSSR count). The number of hydrogen-bond acceptors (Lipinski definition) is 15. The maximum Gasteiger partial charge on any atom is 0.472 e. The van der Waals surface area contributed by atoms with Gasteiger partial charge in [-0.3, -0.25) is 37.3 Å². The van der Waals surface area contributed by atoms with Gasteiger partial charge in [-0.25, -0.2) is 9.13 Å². The van der Waals surface area contributed by atoms with Crippen molar-refractivity contribution in [2.45, 2.75) is 368 Å². The highest BCUT2D eigenvalue weighted by Gasteiger charge is 2.30. The normalized spacial score (nSPS) is 14.1. The lowest BCUT2D eigenvalue weighted by molar-refractivity contribution is -0.161. The van der Waals surface area contributed by atoms with Crippen molar-refractivity contribution in [3.8, 4) is 0 Å². The molecule has 0 aliphatic carbocycles. The smallest absolute Gasteiger partial charge is 0.462 e. The van der Waals surface area contributed by atoms with Crippen LogP contribution in [-0.2, 0) is 65.4 Å². The zero-order valence-electron chi connectivity index (χ0n) is 56.2. The molecule has 0 aliphatic rings. The van der Waals surface area contributed by atoms with Gasteiger partial charge in [0.1, 0.15) is 19.3 Å². The predicted octanol–water partition coefficient (Wildman–Crippen LogP) is 19.4. The summed E-state index contributed by atoms with van der Waals surface area (Å²) in [5.41, 5.74) is 0. The van der Waals surface area contributed by atoms with Crippen molar-refractivity contribution in [2.75, 3.05) is 39.6 Å². The average molecular weight is 1280 g/mol. The van der Waals surface area contributed by atoms with E-state index in [-0.39, 0.29) is 25.7 Å². The van der Waals surface area contributed by atoms with E-state index in [1.54, 1.807) is 0 Å². The molecule has 87 heavy (non-hydrogen) atoms. The molecule has 19 heteroatoms. The molecular formula is C68H132O17P2. The Morgan fingerprint density at radius 3 is 0.782 bits per heavy atom. The van der Waals surface area contributed by atoms with Gasteiger partial charge < -0.3 is 33.8 Å². The quantitative estimate of drug-likeness (QED) is 0.0222. The molecule has 0 bridgehead atoms. The predicted molar refractivity (Wildman–Crippen MR) is 349 cm³/mol. The number of esters is 4. The Hall–Kier alpha value is -1.94. The fourth-order valence-corrected chi connectivity index (χ4v) is 11.9. The summed E-state index contributed by atoms with van der Waals surface area (Å²) >= 11 is 0. The number of aliphatic hydroxyl groups is 1.